The molecule has 2 nitrogen and oxygen atoms in total. The number of fused-ring (bicyclic) bond motifs is 1. The van der Waals surface area contributed by atoms with E-state index in [1.807, 2.05) is 18.2 Å². The van der Waals surface area contributed by atoms with E-state index in [1.54, 1.807) is 12.1 Å². The number of ether oxygens (including phenoxy) is 1. The standard InChI is InChI=1S/C19H17ClFNO/c1-23-17-11-13-12(10-16(17)21)6-9-22-18(13)19(7-8-19)14-4-2-3-5-15(14)20/h2-5,10-11H,6-9H2,1H3. The third-order valence-corrected chi connectivity index (χ3v) is 5.21. The van der Waals surface area contributed by atoms with Crippen LogP contribution in [0.4, 0.5) is 4.39 Å². The Hall–Kier alpha value is -1.87. The van der Waals surface area contributed by atoms with Crippen molar-refractivity contribution in [1.29, 1.82) is 0 Å². The first-order valence-electron chi connectivity index (χ1n) is 7.82. The molecule has 1 aliphatic carbocycles. The highest BCUT2D eigenvalue weighted by Gasteiger charge is 2.51. The molecule has 4 rings (SSSR count). The summed E-state index contributed by atoms with van der Waals surface area (Å²) in [5.41, 5.74) is 4.04. The molecule has 0 bridgehead atoms. The summed E-state index contributed by atoms with van der Waals surface area (Å²) >= 11 is 6.44. The van der Waals surface area contributed by atoms with Gasteiger partial charge >= 0.3 is 0 Å². The van der Waals surface area contributed by atoms with Gasteiger partial charge in [0, 0.05) is 22.5 Å². The zero-order valence-electron chi connectivity index (χ0n) is 12.9. The molecule has 0 N–H and O–H groups in total. The van der Waals surface area contributed by atoms with Crippen LogP contribution in [0.2, 0.25) is 5.02 Å². The van der Waals surface area contributed by atoms with Gasteiger partial charge in [-0.2, -0.15) is 0 Å². The first-order valence-corrected chi connectivity index (χ1v) is 8.20. The van der Waals surface area contributed by atoms with Crippen molar-refractivity contribution in [2.24, 2.45) is 4.99 Å². The molecule has 118 valence electrons. The Kier molecular flexibility index (Phi) is 3.42. The average molecular weight is 330 g/mol. The maximum Gasteiger partial charge on any atom is 0.165 e. The van der Waals surface area contributed by atoms with Crippen LogP contribution in [-0.2, 0) is 11.8 Å². The number of hydrogen-bond acceptors (Lipinski definition) is 2. The Balaban J connectivity index is 1.86. The first kappa shape index (κ1) is 14.7. The second kappa shape index (κ2) is 5.34. The highest BCUT2D eigenvalue weighted by atomic mass is 35.5. The lowest BCUT2D eigenvalue weighted by Crippen LogP contribution is -2.27. The molecule has 2 aliphatic rings. The van der Waals surface area contributed by atoms with E-state index in [-0.39, 0.29) is 17.0 Å². The maximum absolute atomic E-state index is 14.0. The van der Waals surface area contributed by atoms with Gasteiger partial charge < -0.3 is 4.74 Å². The van der Waals surface area contributed by atoms with Crippen molar-refractivity contribution in [2.45, 2.75) is 24.7 Å². The van der Waals surface area contributed by atoms with Crippen LogP contribution in [0, 0.1) is 5.82 Å². The summed E-state index contributed by atoms with van der Waals surface area (Å²) in [5, 5.41) is 0.772. The quantitative estimate of drug-likeness (QED) is 0.808. The summed E-state index contributed by atoms with van der Waals surface area (Å²) in [7, 11) is 1.49. The zero-order valence-corrected chi connectivity index (χ0v) is 13.7. The van der Waals surface area contributed by atoms with Gasteiger partial charge in [0.15, 0.2) is 11.6 Å². The minimum atomic E-state index is -0.310. The van der Waals surface area contributed by atoms with E-state index in [0.29, 0.717) is 6.54 Å². The Morgan fingerprint density at radius 2 is 2.00 bits per heavy atom. The van der Waals surface area contributed by atoms with Crippen LogP contribution in [0.3, 0.4) is 0 Å². The van der Waals surface area contributed by atoms with Crippen molar-refractivity contribution in [2.75, 3.05) is 13.7 Å². The number of rotatable bonds is 3. The van der Waals surface area contributed by atoms with Gasteiger partial charge in [0.1, 0.15) is 0 Å². The molecule has 23 heavy (non-hydrogen) atoms. The highest BCUT2D eigenvalue weighted by molar-refractivity contribution is 6.32. The van der Waals surface area contributed by atoms with Crippen LogP contribution in [0.1, 0.15) is 29.5 Å². The molecule has 0 atom stereocenters. The molecule has 0 amide bonds. The molecule has 2 aromatic rings. The van der Waals surface area contributed by atoms with E-state index in [9.17, 15) is 4.39 Å². The normalized spacial score (nSPS) is 18.1. The highest BCUT2D eigenvalue weighted by Crippen LogP contribution is 2.54. The third-order valence-electron chi connectivity index (χ3n) is 4.88. The van der Waals surface area contributed by atoms with Crippen LogP contribution in [0.15, 0.2) is 41.4 Å². The van der Waals surface area contributed by atoms with E-state index < -0.39 is 0 Å². The Morgan fingerprint density at radius 3 is 2.70 bits per heavy atom. The van der Waals surface area contributed by atoms with Crippen LogP contribution in [-0.4, -0.2) is 19.4 Å². The molecule has 0 aromatic heterocycles. The van der Waals surface area contributed by atoms with Gasteiger partial charge in [0.2, 0.25) is 0 Å². The molecule has 1 aliphatic heterocycles. The summed E-state index contributed by atoms with van der Waals surface area (Å²) < 4.78 is 19.2. The number of nitrogens with zero attached hydrogens (tertiary/aromatic N) is 1. The fraction of sp³-hybridized carbons (Fsp3) is 0.316. The summed E-state index contributed by atoms with van der Waals surface area (Å²) in [6, 6.07) is 11.3. The minimum Gasteiger partial charge on any atom is -0.494 e. The molecule has 4 heteroatoms. The van der Waals surface area contributed by atoms with Gasteiger partial charge in [-0.25, -0.2) is 4.39 Å². The van der Waals surface area contributed by atoms with Crippen molar-refractivity contribution in [1.82, 2.24) is 0 Å². The Bertz CT molecular complexity index is 811. The Morgan fingerprint density at radius 1 is 1.22 bits per heavy atom. The predicted octanol–water partition coefficient (Wildman–Crippen LogP) is 4.56. The summed E-state index contributed by atoms with van der Waals surface area (Å²) in [6.45, 7) is 0.695. The predicted molar refractivity (Wildman–Crippen MR) is 90.4 cm³/mol. The lowest BCUT2D eigenvalue weighted by molar-refractivity contribution is 0.386. The smallest absolute Gasteiger partial charge is 0.165 e. The lowest BCUT2D eigenvalue weighted by Gasteiger charge is -2.26. The fourth-order valence-corrected chi connectivity index (χ4v) is 3.89. The number of methoxy groups -OCH3 is 1. The monoisotopic (exact) mass is 329 g/mol. The average Bonchev–Trinajstić information content (AvgIpc) is 3.35. The SMILES string of the molecule is COc1cc2c(cc1F)CCN=C2C1(c2ccccc2Cl)CC1. The van der Waals surface area contributed by atoms with Crippen LogP contribution < -0.4 is 4.74 Å². The molecule has 0 unspecified atom stereocenters. The van der Waals surface area contributed by atoms with E-state index in [4.69, 9.17) is 21.3 Å². The number of halogens is 2. The number of benzene rings is 2. The second-order valence-electron chi connectivity index (χ2n) is 6.19. The zero-order chi connectivity index (χ0) is 16.0. The molecular formula is C19H17ClFNO. The van der Waals surface area contributed by atoms with Crippen molar-refractivity contribution in [3.05, 3.63) is 63.9 Å². The van der Waals surface area contributed by atoms with Gasteiger partial charge in [-0.3, -0.25) is 4.99 Å². The van der Waals surface area contributed by atoms with E-state index in [0.717, 1.165) is 46.7 Å². The maximum atomic E-state index is 14.0. The summed E-state index contributed by atoms with van der Waals surface area (Å²) in [4.78, 5) is 4.81. The molecule has 0 spiro atoms. The first-order chi connectivity index (χ1) is 11.2. The summed E-state index contributed by atoms with van der Waals surface area (Å²) in [6.07, 6.45) is 2.81. The molecule has 0 radical (unpaired) electrons. The third kappa shape index (κ3) is 2.26. The van der Waals surface area contributed by atoms with Gasteiger partial charge in [0.05, 0.1) is 12.8 Å². The van der Waals surface area contributed by atoms with Crippen molar-refractivity contribution >= 4 is 17.3 Å². The largest absolute Gasteiger partial charge is 0.494 e. The van der Waals surface area contributed by atoms with Crippen molar-refractivity contribution in [3.63, 3.8) is 0 Å². The molecule has 2 aromatic carbocycles. The molecular weight excluding hydrogens is 313 g/mol. The molecule has 1 heterocycles. The van der Waals surface area contributed by atoms with E-state index in [2.05, 4.69) is 6.07 Å². The topological polar surface area (TPSA) is 21.6 Å². The van der Waals surface area contributed by atoms with Crippen LogP contribution >= 0.6 is 11.6 Å². The van der Waals surface area contributed by atoms with E-state index >= 15 is 0 Å². The van der Waals surface area contributed by atoms with E-state index in [1.165, 1.54) is 7.11 Å². The minimum absolute atomic E-state index is 0.129. The van der Waals surface area contributed by atoms with Crippen LogP contribution in [0.5, 0.6) is 5.75 Å². The number of hydrogen-bond donors (Lipinski definition) is 0. The van der Waals surface area contributed by atoms with Crippen LogP contribution in [0.25, 0.3) is 0 Å². The molecule has 0 saturated heterocycles. The second-order valence-corrected chi connectivity index (χ2v) is 6.59. The van der Waals surface area contributed by atoms with Gasteiger partial charge in [0.25, 0.3) is 0 Å². The number of aliphatic imine (C=N–C) groups is 1. The molecule has 1 fully saturated rings. The summed E-state index contributed by atoms with van der Waals surface area (Å²) in [5.74, 6) is -0.0385. The van der Waals surface area contributed by atoms with Gasteiger partial charge in [-0.15, -0.1) is 0 Å². The lowest BCUT2D eigenvalue weighted by atomic mass is 9.83. The van der Waals surface area contributed by atoms with Crippen molar-refractivity contribution in [3.8, 4) is 5.75 Å². The van der Waals surface area contributed by atoms with Gasteiger partial charge in [-0.1, -0.05) is 29.8 Å². The molecule has 1 saturated carbocycles. The van der Waals surface area contributed by atoms with Crippen molar-refractivity contribution < 1.29 is 9.13 Å². The fourth-order valence-electron chi connectivity index (χ4n) is 3.57. The van der Waals surface area contributed by atoms with Gasteiger partial charge in [-0.05, 0) is 48.6 Å². The Labute approximate surface area is 140 Å².